The molecule has 5 rings (SSSR count). The number of carbonyl (C=O) groups is 1. The molecular weight excluding hydrogens is 346 g/mol. The van der Waals surface area contributed by atoms with E-state index in [1.165, 1.54) is 20.0 Å². The fourth-order valence-electron chi connectivity index (χ4n) is 3.65. The van der Waals surface area contributed by atoms with Crippen LogP contribution in [0.5, 0.6) is 0 Å². The van der Waals surface area contributed by atoms with Crippen molar-refractivity contribution >= 4 is 29.1 Å². The molecule has 9 heteroatoms. The van der Waals surface area contributed by atoms with E-state index in [0.717, 1.165) is 36.4 Å². The minimum absolute atomic E-state index is 0.250. The van der Waals surface area contributed by atoms with Gasteiger partial charge in [-0.05, 0) is 37.8 Å². The lowest BCUT2D eigenvalue weighted by atomic mass is 10.2. The summed E-state index contributed by atoms with van der Waals surface area (Å²) in [6.07, 6.45) is 5.94. The summed E-state index contributed by atoms with van der Waals surface area (Å²) in [6, 6.07) is 5.55. The number of carbonyl (C=O) groups excluding carboxylic acids is 1. The molecule has 3 aromatic rings. The van der Waals surface area contributed by atoms with Crippen molar-refractivity contribution in [3.63, 3.8) is 0 Å². The summed E-state index contributed by atoms with van der Waals surface area (Å²) in [5, 5.41) is 15.3. The van der Waals surface area contributed by atoms with Crippen molar-refractivity contribution < 1.29 is 9.53 Å². The lowest BCUT2D eigenvalue weighted by Gasteiger charge is -2.23. The topological polar surface area (TPSA) is 100 Å². The molecule has 2 N–H and O–H groups in total. The Bertz CT molecular complexity index is 991. The fourth-order valence-corrected chi connectivity index (χ4v) is 3.65. The van der Waals surface area contributed by atoms with Crippen LogP contribution >= 0.6 is 0 Å². The number of esters is 1. The summed E-state index contributed by atoms with van der Waals surface area (Å²) in [5.74, 6) is 2.25. The van der Waals surface area contributed by atoms with Crippen molar-refractivity contribution in [2.45, 2.75) is 37.6 Å². The number of fused-ring (bicyclic) bond motifs is 1. The van der Waals surface area contributed by atoms with Gasteiger partial charge in [-0.3, -0.25) is 5.10 Å². The van der Waals surface area contributed by atoms with Gasteiger partial charge in [0.25, 0.3) is 0 Å². The Hall–Kier alpha value is -3.10. The molecule has 0 amide bonds. The standard InChI is InChI=1S/C18H21N7O2/c1-27-17(26)14-5-2-8-24(14)18-20-16(13-4-3-9-25(13)23-18)19-15-10-12(21-22-15)11-6-7-11/h3-4,9-11,14H,2,5-8H2,1H3,(H2,19,20,21,22,23)/t14-/m0/s1. The van der Waals surface area contributed by atoms with Crippen LogP contribution in [0.2, 0.25) is 0 Å². The van der Waals surface area contributed by atoms with Gasteiger partial charge in [0.1, 0.15) is 11.6 Å². The van der Waals surface area contributed by atoms with Crippen molar-refractivity contribution in [1.29, 1.82) is 0 Å². The van der Waals surface area contributed by atoms with E-state index in [9.17, 15) is 4.79 Å². The van der Waals surface area contributed by atoms with Gasteiger partial charge in [-0.1, -0.05) is 0 Å². The monoisotopic (exact) mass is 367 g/mol. The average Bonchev–Trinajstić information content (AvgIpc) is 3.09. The first kappa shape index (κ1) is 16.1. The number of nitrogens with zero attached hydrogens (tertiary/aromatic N) is 5. The molecule has 4 heterocycles. The minimum Gasteiger partial charge on any atom is -0.467 e. The number of H-pyrrole nitrogens is 1. The van der Waals surface area contributed by atoms with Crippen molar-refractivity contribution in [3.05, 3.63) is 30.1 Å². The Kier molecular flexibility index (Phi) is 3.73. The highest BCUT2D eigenvalue weighted by atomic mass is 16.5. The number of rotatable bonds is 5. The first-order valence-corrected chi connectivity index (χ1v) is 9.25. The molecule has 3 aromatic heterocycles. The lowest BCUT2D eigenvalue weighted by molar-refractivity contribution is -0.141. The molecule has 0 spiro atoms. The molecule has 0 bridgehead atoms. The van der Waals surface area contributed by atoms with Crippen molar-refractivity contribution in [2.24, 2.45) is 0 Å². The molecule has 140 valence electrons. The van der Waals surface area contributed by atoms with Crippen LogP contribution in [0.15, 0.2) is 24.4 Å². The second-order valence-electron chi connectivity index (χ2n) is 7.08. The second-order valence-corrected chi connectivity index (χ2v) is 7.08. The van der Waals surface area contributed by atoms with Crippen molar-refractivity contribution in [3.8, 4) is 0 Å². The van der Waals surface area contributed by atoms with Gasteiger partial charge in [0.2, 0.25) is 5.95 Å². The fraction of sp³-hybridized carbons (Fsp3) is 0.444. The molecule has 0 unspecified atom stereocenters. The van der Waals surface area contributed by atoms with Crippen LogP contribution in [0, 0.1) is 0 Å². The molecule has 27 heavy (non-hydrogen) atoms. The molecule has 1 saturated carbocycles. The predicted molar refractivity (Wildman–Crippen MR) is 99.2 cm³/mol. The molecule has 1 aliphatic carbocycles. The van der Waals surface area contributed by atoms with E-state index < -0.39 is 0 Å². The number of nitrogens with one attached hydrogen (secondary N) is 2. The van der Waals surface area contributed by atoms with Gasteiger partial charge in [-0.25, -0.2) is 9.31 Å². The van der Waals surface area contributed by atoms with E-state index >= 15 is 0 Å². The largest absolute Gasteiger partial charge is 0.467 e. The van der Waals surface area contributed by atoms with E-state index in [1.807, 2.05) is 29.3 Å². The summed E-state index contributed by atoms with van der Waals surface area (Å²) in [6.45, 7) is 0.722. The number of hydrogen-bond donors (Lipinski definition) is 2. The smallest absolute Gasteiger partial charge is 0.328 e. The number of hydrogen-bond acceptors (Lipinski definition) is 7. The van der Waals surface area contributed by atoms with E-state index in [-0.39, 0.29) is 12.0 Å². The minimum atomic E-state index is -0.345. The van der Waals surface area contributed by atoms with Crippen LogP contribution in [0.3, 0.4) is 0 Å². The zero-order chi connectivity index (χ0) is 18.4. The highest BCUT2D eigenvalue weighted by Gasteiger charge is 2.34. The summed E-state index contributed by atoms with van der Waals surface area (Å²) in [7, 11) is 1.41. The molecule has 1 aliphatic heterocycles. The number of ether oxygens (including phenoxy) is 1. The van der Waals surface area contributed by atoms with Crippen LogP contribution in [-0.4, -0.2) is 50.5 Å². The highest BCUT2D eigenvalue weighted by molar-refractivity contribution is 5.80. The van der Waals surface area contributed by atoms with Gasteiger partial charge in [-0.2, -0.15) is 10.1 Å². The summed E-state index contributed by atoms with van der Waals surface area (Å²) in [4.78, 5) is 18.7. The number of aromatic amines is 1. The number of aromatic nitrogens is 5. The van der Waals surface area contributed by atoms with Crippen LogP contribution in [-0.2, 0) is 9.53 Å². The van der Waals surface area contributed by atoms with Crippen molar-refractivity contribution in [2.75, 3.05) is 23.9 Å². The second kappa shape index (κ2) is 6.26. The van der Waals surface area contributed by atoms with Crippen molar-refractivity contribution in [1.82, 2.24) is 24.8 Å². The SMILES string of the molecule is COC(=O)[C@@H]1CCCN1c1nc(Nc2cc(C3CC3)[nH]n2)c2cccn2n1. The number of anilines is 3. The molecule has 0 radical (unpaired) electrons. The van der Waals surface area contributed by atoms with E-state index in [0.29, 0.717) is 17.7 Å². The third-order valence-corrected chi connectivity index (χ3v) is 5.22. The molecule has 1 saturated heterocycles. The van der Waals surface area contributed by atoms with Gasteiger partial charge in [-0.15, -0.1) is 5.10 Å². The maximum atomic E-state index is 12.1. The third kappa shape index (κ3) is 2.88. The molecule has 2 aliphatic rings. The Balaban J connectivity index is 1.49. The predicted octanol–water partition coefficient (Wildman–Crippen LogP) is 2.22. The van der Waals surface area contributed by atoms with E-state index in [1.54, 1.807) is 4.52 Å². The lowest BCUT2D eigenvalue weighted by Crippen LogP contribution is -2.38. The quantitative estimate of drug-likeness (QED) is 0.667. The summed E-state index contributed by atoms with van der Waals surface area (Å²) >= 11 is 0. The summed E-state index contributed by atoms with van der Waals surface area (Å²) < 4.78 is 6.71. The normalized spacial score (nSPS) is 19.6. The van der Waals surface area contributed by atoms with Gasteiger partial charge in [0.05, 0.1) is 7.11 Å². The van der Waals surface area contributed by atoms with Gasteiger partial charge < -0.3 is 15.0 Å². The van der Waals surface area contributed by atoms with Crippen LogP contribution < -0.4 is 10.2 Å². The molecule has 9 nitrogen and oxygen atoms in total. The third-order valence-electron chi connectivity index (χ3n) is 5.22. The molecule has 1 atom stereocenters. The highest BCUT2D eigenvalue weighted by Crippen LogP contribution is 2.39. The average molecular weight is 367 g/mol. The Labute approximate surface area is 155 Å². The van der Waals surface area contributed by atoms with Gasteiger partial charge in [0.15, 0.2) is 11.6 Å². The van der Waals surface area contributed by atoms with Crippen LogP contribution in [0.25, 0.3) is 5.52 Å². The van der Waals surface area contributed by atoms with Crippen LogP contribution in [0.1, 0.15) is 37.3 Å². The number of methoxy groups -OCH3 is 1. The first-order chi connectivity index (χ1) is 13.2. The first-order valence-electron chi connectivity index (χ1n) is 9.25. The van der Waals surface area contributed by atoms with E-state index in [2.05, 4.69) is 20.6 Å². The Morgan fingerprint density at radius 1 is 1.37 bits per heavy atom. The zero-order valence-electron chi connectivity index (χ0n) is 15.1. The Morgan fingerprint density at radius 2 is 2.26 bits per heavy atom. The zero-order valence-corrected chi connectivity index (χ0v) is 15.1. The van der Waals surface area contributed by atoms with E-state index in [4.69, 9.17) is 9.72 Å². The Morgan fingerprint density at radius 3 is 3.07 bits per heavy atom. The van der Waals surface area contributed by atoms with Gasteiger partial charge in [0, 0.05) is 30.4 Å². The van der Waals surface area contributed by atoms with Gasteiger partial charge >= 0.3 is 5.97 Å². The summed E-state index contributed by atoms with van der Waals surface area (Å²) in [5.41, 5.74) is 2.01. The van der Waals surface area contributed by atoms with Crippen LogP contribution in [0.4, 0.5) is 17.6 Å². The maximum Gasteiger partial charge on any atom is 0.328 e. The maximum absolute atomic E-state index is 12.1. The molecule has 2 fully saturated rings. The molecule has 0 aromatic carbocycles. The molecular formula is C18H21N7O2.